The van der Waals surface area contributed by atoms with Gasteiger partial charge in [0.15, 0.2) is 11.3 Å². The van der Waals surface area contributed by atoms with Crippen molar-refractivity contribution in [2.24, 2.45) is 11.8 Å². The Labute approximate surface area is 300 Å². The second-order valence-corrected chi connectivity index (χ2v) is 15.0. The van der Waals surface area contributed by atoms with Crippen LogP contribution >= 0.6 is 0 Å². The smallest absolute Gasteiger partial charge is 0.251 e. The summed E-state index contributed by atoms with van der Waals surface area (Å²) >= 11 is 0. The van der Waals surface area contributed by atoms with Crippen molar-refractivity contribution in [1.82, 2.24) is 48.5 Å². The molecule has 14 heteroatoms. The monoisotopic (exact) mass is 706 g/mol. The summed E-state index contributed by atoms with van der Waals surface area (Å²) in [5, 5.41) is 0. The first-order chi connectivity index (χ1) is 25.4. The van der Waals surface area contributed by atoms with Crippen LogP contribution < -0.4 is 0 Å². The maximum atomic E-state index is 12.8. The first kappa shape index (κ1) is 33.0. The molecule has 6 aromatic rings. The van der Waals surface area contributed by atoms with Crippen molar-refractivity contribution in [2.75, 3.05) is 39.4 Å². The van der Waals surface area contributed by atoms with Crippen molar-refractivity contribution < 1.29 is 19.1 Å². The van der Waals surface area contributed by atoms with Crippen LogP contribution in [0.25, 0.3) is 33.4 Å². The molecule has 0 aromatic carbocycles. The van der Waals surface area contributed by atoms with Gasteiger partial charge in [-0.2, -0.15) is 0 Å². The summed E-state index contributed by atoms with van der Waals surface area (Å²) in [4.78, 5) is 54.3. The number of H-pyrrole nitrogens is 2. The van der Waals surface area contributed by atoms with Gasteiger partial charge in [-0.15, -0.1) is 0 Å². The second-order valence-electron chi connectivity index (χ2n) is 15.0. The van der Waals surface area contributed by atoms with Gasteiger partial charge in [0, 0.05) is 63.6 Å². The zero-order valence-electron chi connectivity index (χ0n) is 29.8. The number of aromatic nitrogens is 8. The Morgan fingerprint density at radius 2 is 1.10 bits per heavy atom. The van der Waals surface area contributed by atoms with Gasteiger partial charge in [0.2, 0.25) is 0 Å². The zero-order chi connectivity index (χ0) is 35.3. The molecule has 0 bridgehead atoms. The van der Waals surface area contributed by atoms with E-state index in [4.69, 9.17) is 19.4 Å². The molecule has 0 unspecified atom stereocenters. The summed E-state index contributed by atoms with van der Waals surface area (Å²) in [5.74, 6) is 3.68. The average Bonchev–Trinajstić information content (AvgIpc) is 4.02. The van der Waals surface area contributed by atoms with Crippen molar-refractivity contribution in [3.05, 3.63) is 61.0 Å². The Morgan fingerprint density at radius 3 is 1.52 bits per heavy atom. The summed E-state index contributed by atoms with van der Waals surface area (Å²) in [7, 11) is 0. The lowest BCUT2D eigenvalue weighted by atomic mass is 9.86. The largest absolute Gasteiger partial charge is 0.368 e. The molecule has 6 atom stereocenters. The molecule has 6 aromatic heterocycles. The van der Waals surface area contributed by atoms with Crippen LogP contribution in [0, 0.1) is 11.8 Å². The highest BCUT2D eigenvalue weighted by atomic mass is 16.5. The molecule has 4 aliphatic heterocycles. The fourth-order valence-corrected chi connectivity index (χ4v) is 8.69. The van der Waals surface area contributed by atoms with Gasteiger partial charge in [0.05, 0.1) is 46.9 Å². The second kappa shape index (κ2) is 13.6. The Bertz CT molecular complexity index is 2070. The van der Waals surface area contributed by atoms with Crippen molar-refractivity contribution in [1.29, 1.82) is 0 Å². The highest BCUT2D eigenvalue weighted by Crippen LogP contribution is 2.35. The standard InChI is InChI=1S/2C19H23N5O2/c2*1-12-5-7-23(19(25)16-3-2-8-26-16)11-14(12)18-22-10-13-9-21-17-15(24(13)18)4-6-20-17/h2*4,6,9-10,12,14,16,20H,2-3,5,7-8,11H2,1H3/t12-,14+,16+;12-,14+,16-/m11/s1. The lowest BCUT2D eigenvalue weighted by Gasteiger charge is -2.37. The van der Waals surface area contributed by atoms with Gasteiger partial charge < -0.3 is 29.2 Å². The first-order valence-electron chi connectivity index (χ1n) is 18.8. The highest BCUT2D eigenvalue weighted by molar-refractivity contribution is 5.82. The van der Waals surface area contributed by atoms with Crippen LogP contribution in [-0.2, 0) is 19.1 Å². The Morgan fingerprint density at radius 1 is 0.654 bits per heavy atom. The number of nitrogens with zero attached hydrogens (tertiary/aromatic N) is 8. The number of aromatic amines is 2. The summed E-state index contributed by atoms with van der Waals surface area (Å²) in [6, 6.07) is 4.06. The molecule has 0 saturated carbocycles. The molecular weight excluding hydrogens is 660 g/mol. The van der Waals surface area contributed by atoms with Gasteiger partial charge in [-0.05, 0) is 62.5 Å². The number of carbonyl (C=O) groups excluding carboxylic acids is 2. The van der Waals surface area contributed by atoms with Gasteiger partial charge in [-0.3, -0.25) is 18.4 Å². The SMILES string of the molecule is C[C@@H]1CCN(C(=O)[C@@H]2CCCO2)C[C@@H]1c1ncc2cnc3[nH]ccc3n12.C[C@@H]1CCN(C(=O)[C@H]2CCCO2)C[C@@H]1c1ncc2cnc3[nH]ccc3n12. The van der Waals surface area contributed by atoms with Crippen molar-refractivity contribution in [3.8, 4) is 0 Å². The number of likely N-dealkylation sites (tertiary alicyclic amines) is 2. The molecule has 2 amide bonds. The Hall–Kier alpha value is -4.82. The number of hydrogen-bond acceptors (Lipinski definition) is 8. The summed E-state index contributed by atoms with van der Waals surface area (Å²) < 4.78 is 15.6. The molecule has 10 rings (SSSR count). The summed E-state index contributed by atoms with van der Waals surface area (Å²) in [5.41, 5.74) is 5.75. The molecule has 14 nitrogen and oxygen atoms in total. The number of fused-ring (bicyclic) bond motifs is 6. The number of amides is 2. The van der Waals surface area contributed by atoms with Crippen molar-refractivity contribution in [2.45, 2.75) is 76.4 Å². The number of hydrogen-bond donors (Lipinski definition) is 2. The van der Waals surface area contributed by atoms with Crippen LogP contribution in [0.5, 0.6) is 0 Å². The minimum Gasteiger partial charge on any atom is -0.368 e. The van der Waals surface area contributed by atoms with Crippen LogP contribution in [0.2, 0.25) is 0 Å². The van der Waals surface area contributed by atoms with Crippen LogP contribution in [0.1, 0.15) is 75.9 Å². The summed E-state index contributed by atoms with van der Waals surface area (Å²) in [6.07, 6.45) is 16.4. The van der Waals surface area contributed by atoms with E-state index >= 15 is 0 Å². The van der Waals surface area contributed by atoms with Crippen LogP contribution in [-0.4, -0.2) is 112 Å². The number of nitrogens with one attached hydrogen (secondary N) is 2. The molecule has 2 N–H and O–H groups in total. The van der Waals surface area contributed by atoms with Crippen LogP contribution in [0.15, 0.2) is 49.3 Å². The van der Waals surface area contributed by atoms with Crippen LogP contribution in [0.3, 0.4) is 0 Å². The van der Waals surface area contributed by atoms with Crippen molar-refractivity contribution >= 4 is 45.2 Å². The van der Waals surface area contributed by atoms with E-state index < -0.39 is 0 Å². The number of ether oxygens (including phenoxy) is 2. The molecular formula is C38H46N10O4. The van der Waals surface area contributed by atoms with E-state index in [0.717, 1.165) is 96.6 Å². The molecule has 0 spiro atoms. The van der Waals surface area contributed by atoms with Crippen LogP contribution in [0.4, 0.5) is 0 Å². The molecule has 0 radical (unpaired) electrons. The van der Waals surface area contributed by atoms with E-state index in [-0.39, 0.29) is 35.9 Å². The van der Waals surface area contributed by atoms with Crippen molar-refractivity contribution in [3.63, 3.8) is 0 Å². The predicted molar refractivity (Wildman–Crippen MR) is 194 cm³/mol. The zero-order valence-corrected chi connectivity index (χ0v) is 29.8. The molecule has 0 aliphatic carbocycles. The first-order valence-corrected chi connectivity index (χ1v) is 18.8. The maximum Gasteiger partial charge on any atom is 0.251 e. The van der Waals surface area contributed by atoms with Gasteiger partial charge in [-0.1, -0.05) is 13.8 Å². The van der Waals surface area contributed by atoms with E-state index in [9.17, 15) is 9.59 Å². The van der Waals surface area contributed by atoms with Gasteiger partial charge in [0.1, 0.15) is 23.9 Å². The molecule has 4 fully saturated rings. The predicted octanol–water partition coefficient (Wildman–Crippen LogP) is 4.68. The molecule has 10 heterocycles. The fraction of sp³-hybridized carbons (Fsp3) is 0.526. The minimum absolute atomic E-state index is 0.147. The minimum atomic E-state index is -0.248. The van der Waals surface area contributed by atoms with Gasteiger partial charge >= 0.3 is 0 Å². The molecule has 52 heavy (non-hydrogen) atoms. The van der Waals surface area contributed by atoms with Gasteiger partial charge in [-0.25, -0.2) is 19.9 Å². The van der Waals surface area contributed by atoms with E-state index in [0.29, 0.717) is 38.1 Å². The number of carbonyl (C=O) groups is 2. The third-order valence-electron chi connectivity index (χ3n) is 11.8. The van der Waals surface area contributed by atoms with E-state index in [2.05, 4.69) is 42.6 Å². The fourth-order valence-electron chi connectivity index (χ4n) is 8.69. The highest BCUT2D eigenvalue weighted by Gasteiger charge is 2.38. The lowest BCUT2D eigenvalue weighted by Crippen LogP contribution is -2.46. The topological polar surface area (TPSA) is 151 Å². The lowest BCUT2D eigenvalue weighted by molar-refractivity contribution is -0.143. The van der Waals surface area contributed by atoms with E-state index in [1.54, 1.807) is 0 Å². The molecule has 272 valence electrons. The van der Waals surface area contributed by atoms with Gasteiger partial charge in [0.25, 0.3) is 11.8 Å². The Balaban J connectivity index is 0.000000138. The van der Waals surface area contributed by atoms with E-state index in [1.807, 2.05) is 59.1 Å². The third kappa shape index (κ3) is 5.81. The normalized spacial score (nSPS) is 26.8. The molecule has 4 aliphatic rings. The number of rotatable bonds is 4. The number of imidazole rings is 2. The third-order valence-corrected chi connectivity index (χ3v) is 11.8. The quantitative estimate of drug-likeness (QED) is 0.268. The van der Waals surface area contributed by atoms with E-state index in [1.165, 1.54) is 0 Å². The number of piperidine rings is 2. The average molecular weight is 707 g/mol. The Kier molecular flexibility index (Phi) is 8.66. The molecule has 4 saturated heterocycles. The maximum absolute atomic E-state index is 12.8. The summed E-state index contributed by atoms with van der Waals surface area (Å²) in [6.45, 7) is 8.94.